The first kappa shape index (κ1) is 8.11. The average molecular weight is 124 g/mol. The minimum atomic E-state index is 0.586. The normalized spacial score (nSPS) is 12.4. The van der Waals surface area contributed by atoms with Gasteiger partial charge in [0.2, 0.25) is 0 Å². The van der Waals surface area contributed by atoms with Crippen LogP contribution in [0, 0.1) is 0 Å². The lowest BCUT2D eigenvalue weighted by molar-refractivity contribution is 1.14. The summed E-state index contributed by atoms with van der Waals surface area (Å²) in [5.74, 6) is 0. The number of aliphatic imine (C=N–C) groups is 1. The first-order valence-electron chi connectivity index (χ1n) is 2.81. The van der Waals surface area contributed by atoms with Crippen molar-refractivity contribution in [2.24, 2.45) is 10.7 Å². The van der Waals surface area contributed by atoms with Crippen molar-refractivity contribution in [3.8, 4) is 0 Å². The standard InChI is InChI=1S/C7H12N2/c1-3-9-5-4-7(2)6-8/h3-5H,1,6,8H2,2H3/b7-4+,9-5-. The topological polar surface area (TPSA) is 38.4 Å². The van der Waals surface area contributed by atoms with Crippen molar-refractivity contribution < 1.29 is 0 Å². The van der Waals surface area contributed by atoms with Gasteiger partial charge < -0.3 is 5.73 Å². The molecule has 0 heterocycles. The van der Waals surface area contributed by atoms with Crippen molar-refractivity contribution in [2.75, 3.05) is 6.54 Å². The minimum absolute atomic E-state index is 0.586. The van der Waals surface area contributed by atoms with Gasteiger partial charge in [-0.25, -0.2) is 0 Å². The third-order valence-electron chi connectivity index (χ3n) is 0.873. The summed E-state index contributed by atoms with van der Waals surface area (Å²) in [6.45, 7) is 5.96. The predicted molar refractivity (Wildman–Crippen MR) is 41.5 cm³/mol. The van der Waals surface area contributed by atoms with E-state index < -0.39 is 0 Å². The smallest absolute Gasteiger partial charge is 0.0267 e. The molecule has 0 aromatic heterocycles. The lowest BCUT2D eigenvalue weighted by Gasteiger charge is -1.87. The summed E-state index contributed by atoms with van der Waals surface area (Å²) in [4.78, 5) is 3.77. The maximum absolute atomic E-state index is 5.30. The van der Waals surface area contributed by atoms with E-state index in [0.717, 1.165) is 5.57 Å². The molecule has 0 amide bonds. The fraction of sp³-hybridized carbons (Fsp3) is 0.286. The van der Waals surface area contributed by atoms with Crippen LogP contribution in [0.2, 0.25) is 0 Å². The summed E-state index contributed by atoms with van der Waals surface area (Å²) in [5.41, 5.74) is 6.41. The molecule has 0 fully saturated rings. The van der Waals surface area contributed by atoms with Gasteiger partial charge in [-0.05, 0) is 13.0 Å². The molecule has 0 spiro atoms. The highest BCUT2D eigenvalue weighted by molar-refractivity contribution is 5.72. The van der Waals surface area contributed by atoms with Gasteiger partial charge in [0.1, 0.15) is 0 Å². The van der Waals surface area contributed by atoms with Crippen molar-refractivity contribution in [1.82, 2.24) is 0 Å². The van der Waals surface area contributed by atoms with Crippen molar-refractivity contribution in [1.29, 1.82) is 0 Å². The minimum Gasteiger partial charge on any atom is -0.327 e. The molecular weight excluding hydrogens is 112 g/mol. The second-order valence-corrected chi connectivity index (χ2v) is 1.70. The van der Waals surface area contributed by atoms with E-state index in [1.165, 1.54) is 6.20 Å². The number of nitrogens with zero attached hydrogens (tertiary/aromatic N) is 1. The van der Waals surface area contributed by atoms with Gasteiger partial charge >= 0.3 is 0 Å². The quantitative estimate of drug-likeness (QED) is 0.562. The molecule has 9 heavy (non-hydrogen) atoms. The van der Waals surface area contributed by atoms with Gasteiger partial charge in [0.25, 0.3) is 0 Å². The van der Waals surface area contributed by atoms with Gasteiger partial charge in [0.15, 0.2) is 0 Å². The first-order chi connectivity index (χ1) is 4.31. The Balaban J connectivity index is 3.67. The number of hydrogen-bond acceptors (Lipinski definition) is 2. The van der Waals surface area contributed by atoms with Crippen LogP contribution in [-0.2, 0) is 0 Å². The SMILES string of the molecule is C=C/N=C\C=C(/C)CN. The fourth-order valence-corrected chi connectivity index (χ4v) is 0.299. The van der Waals surface area contributed by atoms with Crippen molar-refractivity contribution >= 4 is 6.21 Å². The number of hydrogen-bond donors (Lipinski definition) is 1. The van der Waals surface area contributed by atoms with Crippen molar-refractivity contribution in [3.63, 3.8) is 0 Å². The van der Waals surface area contributed by atoms with Gasteiger partial charge in [-0.15, -0.1) is 0 Å². The molecule has 0 aliphatic heterocycles. The van der Waals surface area contributed by atoms with E-state index in [9.17, 15) is 0 Å². The second-order valence-electron chi connectivity index (χ2n) is 1.70. The van der Waals surface area contributed by atoms with E-state index in [1.54, 1.807) is 6.21 Å². The third kappa shape index (κ3) is 4.97. The number of rotatable bonds is 3. The molecule has 0 atom stereocenters. The molecule has 0 radical (unpaired) electrons. The maximum atomic E-state index is 5.30. The van der Waals surface area contributed by atoms with Gasteiger partial charge in [0, 0.05) is 19.0 Å². The summed E-state index contributed by atoms with van der Waals surface area (Å²) in [5, 5.41) is 0. The Morgan fingerprint density at radius 3 is 2.89 bits per heavy atom. The Labute approximate surface area is 55.8 Å². The molecule has 2 nitrogen and oxygen atoms in total. The molecule has 0 aliphatic carbocycles. The summed E-state index contributed by atoms with van der Waals surface area (Å²) in [7, 11) is 0. The van der Waals surface area contributed by atoms with E-state index in [2.05, 4.69) is 11.6 Å². The van der Waals surface area contributed by atoms with Crippen LogP contribution in [0.25, 0.3) is 0 Å². The van der Waals surface area contributed by atoms with E-state index in [-0.39, 0.29) is 0 Å². The molecule has 0 bridgehead atoms. The predicted octanol–water partition coefficient (Wildman–Crippen LogP) is 1.11. The molecule has 0 unspecified atom stereocenters. The van der Waals surface area contributed by atoms with E-state index in [4.69, 9.17) is 5.73 Å². The number of nitrogens with two attached hydrogens (primary N) is 1. The van der Waals surface area contributed by atoms with Crippen molar-refractivity contribution in [2.45, 2.75) is 6.92 Å². The molecule has 50 valence electrons. The monoisotopic (exact) mass is 124 g/mol. The van der Waals surface area contributed by atoms with E-state index in [1.807, 2.05) is 13.0 Å². The zero-order valence-electron chi connectivity index (χ0n) is 5.67. The van der Waals surface area contributed by atoms with Gasteiger partial charge in [0.05, 0.1) is 0 Å². The van der Waals surface area contributed by atoms with Crippen LogP contribution in [0.15, 0.2) is 29.4 Å². The van der Waals surface area contributed by atoms with Crippen molar-refractivity contribution in [3.05, 3.63) is 24.4 Å². The molecular formula is C7H12N2. The number of allylic oxidation sites excluding steroid dienone is 1. The Kier molecular flexibility index (Phi) is 4.73. The Morgan fingerprint density at radius 1 is 1.78 bits per heavy atom. The van der Waals surface area contributed by atoms with Gasteiger partial charge in [-0.3, -0.25) is 4.99 Å². The molecule has 2 heteroatoms. The van der Waals surface area contributed by atoms with Crippen LogP contribution in [-0.4, -0.2) is 12.8 Å². The fourth-order valence-electron chi connectivity index (χ4n) is 0.299. The zero-order valence-corrected chi connectivity index (χ0v) is 5.67. The lowest BCUT2D eigenvalue weighted by atomic mass is 10.3. The van der Waals surface area contributed by atoms with Gasteiger partial charge in [-0.1, -0.05) is 12.2 Å². The van der Waals surface area contributed by atoms with Crippen LogP contribution in [0.3, 0.4) is 0 Å². The average Bonchev–Trinajstić information content (AvgIpc) is 1.89. The van der Waals surface area contributed by atoms with Crippen LogP contribution >= 0.6 is 0 Å². The molecule has 0 aromatic carbocycles. The summed E-state index contributed by atoms with van der Waals surface area (Å²) in [6.07, 6.45) is 5.02. The molecule has 0 saturated heterocycles. The van der Waals surface area contributed by atoms with Crippen LogP contribution in [0.5, 0.6) is 0 Å². The molecule has 2 N–H and O–H groups in total. The Morgan fingerprint density at radius 2 is 2.44 bits per heavy atom. The highest BCUT2D eigenvalue weighted by atomic mass is 14.6. The van der Waals surface area contributed by atoms with Crippen LogP contribution in [0.4, 0.5) is 0 Å². The summed E-state index contributed by atoms with van der Waals surface area (Å²) >= 11 is 0. The molecule has 0 saturated carbocycles. The molecule has 0 aromatic rings. The highest BCUT2D eigenvalue weighted by Gasteiger charge is 1.76. The Bertz CT molecular complexity index is 134. The maximum Gasteiger partial charge on any atom is 0.0267 e. The highest BCUT2D eigenvalue weighted by Crippen LogP contribution is 1.83. The van der Waals surface area contributed by atoms with E-state index >= 15 is 0 Å². The molecule has 0 aliphatic rings. The van der Waals surface area contributed by atoms with E-state index in [0.29, 0.717) is 6.54 Å². The third-order valence-corrected chi connectivity index (χ3v) is 0.873. The Hall–Kier alpha value is -0.890. The van der Waals surface area contributed by atoms with Gasteiger partial charge in [-0.2, -0.15) is 0 Å². The summed E-state index contributed by atoms with van der Waals surface area (Å²) < 4.78 is 0. The largest absolute Gasteiger partial charge is 0.327 e. The lowest BCUT2D eigenvalue weighted by Crippen LogP contribution is -1.99. The first-order valence-corrected chi connectivity index (χ1v) is 2.81. The zero-order chi connectivity index (χ0) is 7.11. The molecule has 0 rings (SSSR count). The summed E-state index contributed by atoms with van der Waals surface area (Å²) in [6, 6.07) is 0. The second kappa shape index (κ2) is 5.25. The van der Waals surface area contributed by atoms with Crippen LogP contribution in [0.1, 0.15) is 6.92 Å². The van der Waals surface area contributed by atoms with Crippen LogP contribution < -0.4 is 5.73 Å².